The van der Waals surface area contributed by atoms with Gasteiger partial charge in [0, 0.05) is 17.0 Å². The molecule has 0 spiro atoms. The van der Waals surface area contributed by atoms with Gasteiger partial charge in [-0.05, 0) is 30.5 Å². The Balaban J connectivity index is 1.82. The van der Waals surface area contributed by atoms with Gasteiger partial charge in [-0.3, -0.25) is 0 Å². The third-order valence-electron chi connectivity index (χ3n) is 2.91. The van der Waals surface area contributed by atoms with Crippen molar-refractivity contribution >= 4 is 11.3 Å². The van der Waals surface area contributed by atoms with Crippen LogP contribution in [0, 0.1) is 0 Å². The van der Waals surface area contributed by atoms with Crippen LogP contribution in [-0.4, -0.2) is 12.8 Å². The van der Waals surface area contributed by atoms with Gasteiger partial charge in [-0.15, -0.1) is 11.3 Å². The van der Waals surface area contributed by atoms with Crippen LogP contribution in [0.3, 0.4) is 0 Å². The number of ether oxygens (including phenoxy) is 3. The molecule has 19 heavy (non-hydrogen) atoms. The van der Waals surface area contributed by atoms with Crippen molar-refractivity contribution in [2.45, 2.75) is 19.1 Å². The van der Waals surface area contributed by atoms with Crippen molar-refractivity contribution < 1.29 is 14.2 Å². The van der Waals surface area contributed by atoms with Crippen molar-refractivity contribution in [1.82, 2.24) is 0 Å². The first kappa shape index (κ1) is 12.3. The van der Waals surface area contributed by atoms with Gasteiger partial charge in [0.1, 0.15) is 11.9 Å². The molecule has 0 radical (unpaired) electrons. The predicted octanol–water partition coefficient (Wildman–Crippen LogP) is 2.94. The maximum absolute atomic E-state index is 6.01. The van der Waals surface area contributed by atoms with E-state index in [1.165, 1.54) is 0 Å². The van der Waals surface area contributed by atoms with Gasteiger partial charge in [0.05, 0.1) is 0 Å². The number of thiophene rings is 1. The minimum atomic E-state index is -0.152. The molecule has 5 heteroatoms. The zero-order valence-corrected chi connectivity index (χ0v) is 11.4. The number of hydrogen-bond donors (Lipinski definition) is 1. The molecule has 2 unspecified atom stereocenters. The second-order valence-electron chi connectivity index (χ2n) is 4.43. The fraction of sp³-hybridized carbons (Fsp3) is 0.286. The maximum Gasteiger partial charge on any atom is 0.231 e. The summed E-state index contributed by atoms with van der Waals surface area (Å²) < 4.78 is 16.6. The summed E-state index contributed by atoms with van der Waals surface area (Å²) in [5.74, 6) is 2.20. The second kappa shape index (κ2) is 5.11. The first-order chi connectivity index (χ1) is 9.24. The SMILES string of the molecule is CC(N)C(Oc1ccc2c(c1)OCO2)c1cccs1. The molecule has 0 fully saturated rings. The molecular formula is C14H15NO3S. The molecule has 2 N–H and O–H groups in total. The molecule has 0 bridgehead atoms. The largest absolute Gasteiger partial charge is 0.483 e. The minimum Gasteiger partial charge on any atom is -0.483 e. The average molecular weight is 277 g/mol. The molecule has 1 aromatic carbocycles. The Bertz CT molecular complexity index is 554. The molecule has 4 nitrogen and oxygen atoms in total. The van der Waals surface area contributed by atoms with E-state index in [4.69, 9.17) is 19.9 Å². The smallest absolute Gasteiger partial charge is 0.231 e. The first-order valence-electron chi connectivity index (χ1n) is 6.09. The average Bonchev–Trinajstić information content (AvgIpc) is 3.06. The van der Waals surface area contributed by atoms with Gasteiger partial charge in [0.25, 0.3) is 0 Å². The first-order valence-corrected chi connectivity index (χ1v) is 6.97. The lowest BCUT2D eigenvalue weighted by Gasteiger charge is -2.21. The van der Waals surface area contributed by atoms with E-state index >= 15 is 0 Å². The highest BCUT2D eigenvalue weighted by molar-refractivity contribution is 7.10. The minimum absolute atomic E-state index is 0.0935. The summed E-state index contributed by atoms with van der Waals surface area (Å²) in [6.45, 7) is 2.21. The van der Waals surface area contributed by atoms with Crippen LogP contribution in [0.5, 0.6) is 17.2 Å². The van der Waals surface area contributed by atoms with Crippen molar-refractivity contribution in [1.29, 1.82) is 0 Å². The number of hydrogen-bond acceptors (Lipinski definition) is 5. The molecule has 1 aliphatic heterocycles. The number of fused-ring (bicyclic) bond motifs is 1. The topological polar surface area (TPSA) is 53.7 Å². The number of rotatable bonds is 4. The quantitative estimate of drug-likeness (QED) is 0.933. The lowest BCUT2D eigenvalue weighted by Crippen LogP contribution is -2.28. The Hall–Kier alpha value is -1.72. The molecule has 2 heterocycles. The van der Waals surface area contributed by atoms with Crippen molar-refractivity contribution in [2.75, 3.05) is 6.79 Å². The summed E-state index contributed by atoms with van der Waals surface area (Å²) in [4.78, 5) is 1.12. The van der Waals surface area contributed by atoms with E-state index in [9.17, 15) is 0 Å². The number of benzene rings is 1. The van der Waals surface area contributed by atoms with Gasteiger partial charge < -0.3 is 19.9 Å². The highest BCUT2D eigenvalue weighted by Gasteiger charge is 2.21. The molecule has 0 aliphatic carbocycles. The summed E-state index contributed by atoms with van der Waals surface area (Å²) in [5, 5.41) is 2.02. The van der Waals surface area contributed by atoms with Gasteiger partial charge in [0.2, 0.25) is 6.79 Å². The summed E-state index contributed by atoms with van der Waals surface area (Å²) in [7, 11) is 0. The zero-order valence-electron chi connectivity index (χ0n) is 10.5. The molecular weight excluding hydrogens is 262 g/mol. The van der Waals surface area contributed by atoms with Gasteiger partial charge in [0.15, 0.2) is 11.5 Å². The highest BCUT2D eigenvalue weighted by atomic mass is 32.1. The van der Waals surface area contributed by atoms with E-state index in [-0.39, 0.29) is 18.9 Å². The van der Waals surface area contributed by atoms with E-state index in [0.29, 0.717) is 5.75 Å². The van der Waals surface area contributed by atoms with Crippen molar-refractivity contribution in [3.05, 3.63) is 40.6 Å². The third-order valence-corrected chi connectivity index (χ3v) is 3.84. The molecule has 3 rings (SSSR count). The van der Waals surface area contributed by atoms with Gasteiger partial charge in [-0.1, -0.05) is 6.07 Å². The summed E-state index contributed by atoms with van der Waals surface area (Å²) in [5.41, 5.74) is 6.01. The Morgan fingerprint density at radius 2 is 2.11 bits per heavy atom. The summed E-state index contributed by atoms with van der Waals surface area (Å²) in [6.07, 6.45) is -0.152. The zero-order chi connectivity index (χ0) is 13.2. The predicted molar refractivity (Wildman–Crippen MR) is 73.9 cm³/mol. The summed E-state index contributed by atoms with van der Waals surface area (Å²) >= 11 is 1.64. The molecule has 0 saturated carbocycles. The van der Waals surface area contributed by atoms with E-state index in [2.05, 4.69) is 0 Å². The van der Waals surface area contributed by atoms with Gasteiger partial charge in [-0.25, -0.2) is 0 Å². The molecule has 1 aromatic heterocycles. The normalized spacial score (nSPS) is 16.1. The lowest BCUT2D eigenvalue weighted by atomic mass is 10.1. The fourth-order valence-electron chi connectivity index (χ4n) is 1.97. The second-order valence-corrected chi connectivity index (χ2v) is 5.41. The van der Waals surface area contributed by atoms with Crippen LogP contribution in [0.25, 0.3) is 0 Å². The van der Waals surface area contributed by atoms with Crippen LogP contribution < -0.4 is 19.9 Å². The summed E-state index contributed by atoms with van der Waals surface area (Å²) in [6, 6.07) is 9.50. The van der Waals surface area contributed by atoms with E-state index in [1.807, 2.05) is 42.6 Å². The molecule has 0 amide bonds. The van der Waals surface area contributed by atoms with E-state index in [0.717, 1.165) is 16.4 Å². The number of nitrogens with two attached hydrogens (primary N) is 1. The molecule has 2 atom stereocenters. The molecule has 0 saturated heterocycles. The highest BCUT2D eigenvalue weighted by Crippen LogP contribution is 2.37. The maximum atomic E-state index is 6.01. The van der Waals surface area contributed by atoms with Crippen molar-refractivity contribution in [3.8, 4) is 17.2 Å². The van der Waals surface area contributed by atoms with Gasteiger partial charge >= 0.3 is 0 Å². The molecule has 1 aliphatic rings. The van der Waals surface area contributed by atoms with Crippen LogP contribution in [0.1, 0.15) is 17.9 Å². The Kier molecular flexibility index (Phi) is 3.31. The Morgan fingerprint density at radius 1 is 1.26 bits per heavy atom. The molecule has 100 valence electrons. The van der Waals surface area contributed by atoms with Crippen molar-refractivity contribution in [3.63, 3.8) is 0 Å². The Morgan fingerprint density at radius 3 is 2.84 bits per heavy atom. The molecule has 2 aromatic rings. The van der Waals surface area contributed by atoms with Crippen LogP contribution in [-0.2, 0) is 0 Å². The standard InChI is InChI=1S/C14H15NO3S/c1-9(15)14(13-3-2-6-19-13)18-10-4-5-11-12(7-10)17-8-16-11/h2-7,9,14H,8,15H2,1H3. The van der Waals surface area contributed by atoms with Crippen LogP contribution in [0.4, 0.5) is 0 Å². The van der Waals surface area contributed by atoms with E-state index < -0.39 is 0 Å². The fourth-order valence-corrected chi connectivity index (χ4v) is 2.84. The lowest BCUT2D eigenvalue weighted by molar-refractivity contribution is 0.172. The Labute approximate surface area is 115 Å². The van der Waals surface area contributed by atoms with Crippen LogP contribution in [0.15, 0.2) is 35.7 Å². The van der Waals surface area contributed by atoms with Crippen molar-refractivity contribution in [2.24, 2.45) is 5.73 Å². The van der Waals surface area contributed by atoms with Crippen LogP contribution >= 0.6 is 11.3 Å². The van der Waals surface area contributed by atoms with Gasteiger partial charge in [-0.2, -0.15) is 0 Å². The monoisotopic (exact) mass is 277 g/mol. The third kappa shape index (κ3) is 2.52. The van der Waals surface area contributed by atoms with E-state index in [1.54, 1.807) is 11.3 Å². The van der Waals surface area contributed by atoms with Crippen LogP contribution in [0.2, 0.25) is 0 Å².